The summed E-state index contributed by atoms with van der Waals surface area (Å²) in [6, 6.07) is 14.3. The van der Waals surface area contributed by atoms with Crippen LogP contribution in [0.4, 0.5) is 5.69 Å². The summed E-state index contributed by atoms with van der Waals surface area (Å²) in [7, 11) is 1.30. The lowest BCUT2D eigenvalue weighted by atomic mass is 10.2. The highest BCUT2D eigenvalue weighted by Crippen LogP contribution is 2.17. The summed E-state index contributed by atoms with van der Waals surface area (Å²) in [6.45, 7) is 0.107. The van der Waals surface area contributed by atoms with Crippen LogP contribution in [0, 0.1) is 0 Å². The van der Waals surface area contributed by atoms with Gasteiger partial charge in [-0.15, -0.1) is 0 Å². The number of ether oxygens (including phenoxy) is 1. The van der Waals surface area contributed by atoms with Crippen LogP contribution < -0.4 is 5.32 Å². The fraction of sp³-hybridized carbons (Fsp3) is 0.118. The van der Waals surface area contributed by atoms with Gasteiger partial charge in [0.05, 0.1) is 35.7 Å². The van der Waals surface area contributed by atoms with E-state index in [2.05, 4.69) is 10.3 Å². The molecule has 6 heteroatoms. The van der Waals surface area contributed by atoms with Crippen molar-refractivity contribution in [2.45, 2.75) is 6.54 Å². The second kappa shape index (κ2) is 6.31. The van der Waals surface area contributed by atoms with Gasteiger partial charge in [0.1, 0.15) is 6.54 Å². The standard InChI is InChI=1S/C17H15N3O3/c1-23-17(22)12-6-2-3-7-13(12)19-16(21)10-20-11-18-14-8-4-5-9-15(14)20/h2-9,11H,10H2,1H3,(H,19,21). The molecule has 0 aliphatic heterocycles. The number of nitrogens with one attached hydrogen (secondary N) is 1. The molecule has 0 saturated carbocycles. The van der Waals surface area contributed by atoms with E-state index in [1.165, 1.54) is 7.11 Å². The lowest BCUT2D eigenvalue weighted by Crippen LogP contribution is -2.20. The van der Waals surface area contributed by atoms with E-state index in [0.29, 0.717) is 11.3 Å². The first-order valence-electron chi connectivity index (χ1n) is 7.06. The number of nitrogens with zero attached hydrogens (tertiary/aromatic N) is 2. The summed E-state index contributed by atoms with van der Waals surface area (Å²) in [5.74, 6) is -0.738. The van der Waals surface area contributed by atoms with Gasteiger partial charge in [0.25, 0.3) is 0 Å². The molecule has 2 aromatic carbocycles. The molecule has 0 spiro atoms. The van der Waals surface area contributed by atoms with Crippen LogP contribution in [0.5, 0.6) is 0 Å². The van der Waals surface area contributed by atoms with E-state index in [-0.39, 0.29) is 12.5 Å². The number of amides is 1. The normalized spacial score (nSPS) is 10.5. The van der Waals surface area contributed by atoms with Crippen LogP contribution in [-0.2, 0) is 16.1 Å². The van der Waals surface area contributed by atoms with E-state index in [0.717, 1.165) is 11.0 Å². The maximum absolute atomic E-state index is 12.3. The topological polar surface area (TPSA) is 73.2 Å². The zero-order chi connectivity index (χ0) is 16.2. The van der Waals surface area contributed by atoms with Gasteiger partial charge in [-0.25, -0.2) is 9.78 Å². The Balaban J connectivity index is 1.79. The third kappa shape index (κ3) is 3.06. The molecule has 1 heterocycles. The molecule has 0 aliphatic carbocycles. The number of hydrogen-bond acceptors (Lipinski definition) is 4. The van der Waals surface area contributed by atoms with E-state index in [4.69, 9.17) is 4.74 Å². The summed E-state index contributed by atoms with van der Waals surface area (Å²) in [4.78, 5) is 28.2. The highest BCUT2D eigenvalue weighted by molar-refractivity contribution is 6.01. The van der Waals surface area contributed by atoms with Crippen molar-refractivity contribution >= 4 is 28.6 Å². The van der Waals surface area contributed by atoms with E-state index in [9.17, 15) is 9.59 Å². The second-order valence-corrected chi connectivity index (χ2v) is 4.95. The van der Waals surface area contributed by atoms with E-state index in [1.54, 1.807) is 35.2 Å². The Kier molecular flexibility index (Phi) is 4.05. The first kappa shape index (κ1) is 14.8. The Morgan fingerprint density at radius 3 is 2.70 bits per heavy atom. The molecule has 23 heavy (non-hydrogen) atoms. The van der Waals surface area contributed by atoms with Crippen molar-refractivity contribution in [2.24, 2.45) is 0 Å². The number of imidazole rings is 1. The van der Waals surface area contributed by atoms with Crippen molar-refractivity contribution in [3.63, 3.8) is 0 Å². The molecule has 0 saturated heterocycles. The molecule has 3 aromatic rings. The minimum atomic E-state index is -0.492. The molecule has 0 aliphatic rings. The molecule has 0 unspecified atom stereocenters. The van der Waals surface area contributed by atoms with Crippen molar-refractivity contribution in [3.8, 4) is 0 Å². The van der Waals surface area contributed by atoms with Crippen LogP contribution >= 0.6 is 0 Å². The second-order valence-electron chi connectivity index (χ2n) is 4.95. The number of aromatic nitrogens is 2. The predicted molar refractivity (Wildman–Crippen MR) is 86.1 cm³/mol. The van der Waals surface area contributed by atoms with Crippen LogP contribution in [-0.4, -0.2) is 28.5 Å². The van der Waals surface area contributed by atoms with Crippen LogP contribution in [0.3, 0.4) is 0 Å². The number of benzene rings is 2. The number of carbonyl (C=O) groups is 2. The number of methoxy groups -OCH3 is 1. The number of carbonyl (C=O) groups excluding carboxylic acids is 2. The van der Waals surface area contributed by atoms with Gasteiger partial charge >= 0.3 is 5.97 Å². The smallest absolute Gasteiger partial charge is 0.339 e. The summed E-state index contributed by atoms with van der Waals surface area (Å²) >= 11 is 0. The Morgan fingerprint density at radius 2 is 1.87 bits per heavy atom. The average Bonchev–Trinajstić information content (AvgIpc) is 2.98. The maximum Gasteiger partial charge on any atom is 0.339 e. The van der Waals surface area contributed by atoms with Crippen LogP contribution in [0.25, 0.3) is 11.0 Å². The van der Waals surface area contributed by atoms with Crippen LogP contribution in [0.1, 0.15) is 10.4 Å². The zero-order valence-electron chi connectivity index (χ0n) is 12.5. The van der Waals surface area contributed by atoms with Gasteiger partial charge in [0, 0.05) is 0 Å². The van der Waals surface area contributed by atoms with Gasteiger partial charge in [-0.2, -0.15) is 0 Å². The van der Waals surface area contributed by atoms with Crippen molar-refractivity contribution in [1.29, 1.82) is 0 Å². The van der Waals surface area contributed by atoms with Crippen molar-refractivity contribution in [3.05, 3.63) is 60.4 Å². The van der Waals surface area contributed by atoms with Crippen molar-refractivity contribution in [2.75, 3.05) is 12.4 Å². The highest BCUT2D eigenvalue weighted by Gasteiger charge is 2.14. The van der Waals surface area contributed by atoms with E-state index in [1.807, 2.05) is 24.3 Å². The first-order valence-corrected chi connectivity index (χ1v) is 7.06. The van der Waals surface area contributed by atoms with Gasteiger partial charge in [-0.05, 0) is 24.3 Å². The number of hydrogen-bond donors (Lipinski definition) is 1. The third-order valence-corrected chi connectivity index (χ3v) is 3.45. The van der Waals surface area contributed by atoms with Gasteiger partial charge in [-0.1, -0.05) is 24.3 Å². The summed E-state index contributed by atoms with van der Waals surface area (Å²) < 4.78 is 6.47. The molecule has 0 atom stereocenters. The third-order valence-electron chi connectivity index (χ3n) is 3.45. The monoisotopic (exact) mass is 309 g/mol. The van der Waals surface area contributed by atoms with Crippen molar-refractivity contribution < 1.29 is 14.3 Å². The molecular formula is C17H15N3O3. The molecule has 0 bridgehead atoms. The number of fused-ring (bicyclic) bond motifs is 1. The predicted octanol–water partition coefficient (Wildman–Crippen LogP) is 2.46. The minimum absolute atomic E-state index is 0.107. The molecule has 1 amide bonds. The Bertz CT molecular complexity index is 870. The molecular weight excluding hydrogens is 294 g/mol. The Labute approximate surface area is 132 Å². The van der Waals surface area contributed by atoms with Gasteiger partial charge in [0.2, 0.25) is 5.91 Å². The molecule has 6 nitrogen and oxygen atoms in total. The Morgan fingerprint density at radius 1 is 1.13 bits per heavy atom. The number of esters is 1. The largest absolute Gasteiger partial charge is 0.465 e. The van der Waals surface area contributed by atoms with E-state index >= 15 is 0 Å². The van der Waals surface area contributed by atoms with Gasteiger partial charge < -0.3 is 14.6 Å². The van der Waals surface area contributed by atoms with Gasteiger partial charge in [-0.3, -0.25) is 4.79 Å². The molecule has 1 aromatic heterocycles. The first-order chi connectivity index (χ1) is 11.2. The molecule has 0 fully saturated rings. The zero-order valence-corrected chi connectivity index (χ0v) is 12.5. The molecule has 3 rings (SSSR count). The fourth-order valence-electron chi connectivity index (χ4n) is 2.36. The number of rotatable bonds is 4. The molecule has 0 radical (unpaired) electrons. The molecule has 1 N–H and O–H groups in total. The fourth-order valence-corrected chi connectivity index (χ4v) is 2.36. The lowest BCUT2D eigenvalue weighted by molar-refractivity contribution is -0.116. The Hall–Kier alpha value is -3.15. The number of para-hydroxylation sites is 3. The summed E-state index contributed by atoms with van der Waals surface area (Å²) in [5.41, 5.74) is 2.45. The van der Waals surface area contributed by atoms with Crippen LogP contribution in [0.15, 0.2) is 54.9 Å². The van der Waals surface area contributed by atoms with Crippen molar-refractivity contribution in [1.82, 2.24) is 9.55 Å². The maximum atomic E-state index is 12.3. The summed E-state index contributed by atoms with van der Waals surface area (Å²) in [5, 5.41) is 2.74. The lowest BCUT2D eigenvalue weighted by Gasteiger charge is -2.10. The molecule has 116 valence electrons. The van der Waals surface area contributed by atoms with E-state index < -0.39 is 5.97 Å². The highest BCUT2D eigenvalue weighted by atomic mass is 16.5. The summed E-state index contributed by atoms with van der Waals surface area (Å²) in [6.07, 6.45) is 1.62. The van der Waals surface area contributed by atoms with Gasteiger partial charge in [0.15, 0.2) is 0 Å². The minimum Gasteiger partial charge on any atom is -0.465 e. The SMILES string of the molecule is COC(=O)c1ccccc1NC(=O)Cn1cnc2ccccc21. The number of anilines is 1. The average molecular weight is 309 g/mol. The van der Waals surface area contributed by atoms with Crippen LogP contribution in [0.2, 0.25) is 0 Å². The quantitative estimate of drug-likeness (QED) is 0.751.